The molecule has 0 aliphatic carbocycles. The number of esters is 1. The number of hydrogen-bond donors (Lipinski definition) is 2. The van der Waals surface area contributed by atoms with E-state index in [4.69, 9.17) is 9.84 Å². The van der Waals surface area contributed by atoms with Crippen molar-refractivity contribution >= 4 is 17.3 Å². The summed E-state index contributed by atoms with van der Waals surface area (Å²) in [6, 6.07) is 12.1. The van der Waals surface area contributed by atoms with Crippen LogP contribution in [0, 0.1) is 10.1 Å². The number of hydrogen-bond acceptors (Lipinski definition) is 6. The molecule has 0 fully saturated rings. The Morgan fingerprint density at radius 2 is 1.77 bits per heavy atom. The Balaban J connectivity index is 1.77. The number of benzene rings is 2. The maximum atomic E-state index is 11.6. The molecule has 0 aliphatic heterocycles. The van der Waals surface area contributed by atoms with Gasteiger partial charge in [-0.1, -0.05) is 0 Å². The van der Waals surface area contributed by atoms with Gasteiger partial charge in [-0.2, -0.15) is 0 Å². The molecule has 0 saturated carbocycles. The van der Waals surface area contributed by atoms with Crippen LogP contribution in [0.5, 0.6) is 5.75 Å². The van der Waals surface area contributed by atoms with Crippen molar-refractivity contribution in [2.75, 3.05) is 11.9 Å². The molecule has 0 unspecified atom stereocenters. The number of nitro groups is 1. The van der Waals surface area contributed by atoms with E-state index < -0.39 is 10.9 Å². The first-order valence-corrected chi connectivity index (χ1v) is 6.46. The first-order chi connectivity index (χ1) is 10.5. The molecule has 114 valence electrons. The lowest BCUT2D eigenvalue weighted by Crippen LogP contribution is -2.16. The third-order valence-electron chi connectivity index (χ3n) is 2.85. The number of ether oxygens (including phenoxy) is 1. The van der Waals surface area contributed by atoms with Crippen molar-refractivity contribution in [2.24, 2.45) is 0 Å². The molecule has 2 N–H and O–H groups in total. The molecule has 0 aromatic heterocycles. The van der Waals surface area contributed by atoms with Crippen molar-refractivity contribution in [3.05, 3.63) is 64.2 Å². The maximum Gasteiger partial charge on any atom is 0.325 e. The molecule has 0 saturated heterocycles. The van der Waals surface area contributed by atoms with Gasteiger partial charge in [-0.3, -0.25) is 14.9 Å². The van der Waals surface area contributed by atoms with Gasteiger partial charge in [0.15, 0.2) is 0 Å². The van der Waals surface area contributed by atoms with Gasteiger partial charge in [0.25, 0.3) is 5.69 Å². The van der Waals surface area contributed by atoms with Crippen molar-refractivity contribution in [1.29, 1.82) is 0 Å². The van der Waals surface area contributed by atoms with Gasteiger partial charge in [0, 0.05) is 17.8 Å². The number of nitro benzene ring substituents is 1. The number of aromatic hydroxyl groups is 1. The van der Waals surface area contributed by atoms with Gasteiger partial charge >= 0.3 is 5.97 Å². The molecule has 0 heterocycles. The predicted octanol–water partition coefficient (Wildman–Crippen LogP) is 2.46. The highest BCUT2D eigenvalue weighted by Gasteiger charge is 2.06. The average molecular weight is 302 g/mol. The summed E-state index contributed by atoms with van der Waals surface area (Å²) in [6.45, 7) is 0.0336. The van der Waals surface area contributed by atoms with E-state index >= 15 is 0 Å². The second-order valence-electron chi connectivity index (χ2n) is 4.48. The molecule has 0 radical (unpaired) electrons. The molecule has 2 aromatic carbocycles. The van der Waals surface area contributed by atoms with Crippen LogP contribution < -0.4 is 5.32 Å². The SMILES string of the molecule is O=C(CNc1ccc(O)cc1)OCc1ccc([N+](=O)[O-])cc1. The largest absolute Gasteiger partial charge is 0.508 e. The lowest BCUT2D eigenvalue weighted by atomic mass is 10.2. The fourth-order valence-corrected chi connectivity index (χ4v) is 1.68. The molecule has 0 spiro atoms. The Morgan fingerprint density at radius 3 is 2.36 bits per heavy atom. The minimum Gasteiger partial charge on any atom is -0.508 e. The van der Waals surface area contributed by atoms with E-state index in [1.54, 1.807) is 24.3 Å². The van der Waals surface area contributed by atoms with E-state index in [2.05, 4.69) is 5.32 Å². The van der Waals surface area contributed by atoms with Crippen LogP contribution >= 0.6 is 0 Å². The van der Waals surface area contributed by atoms with Crippen LogP contribution in [0.2, 0.25) is 0 Å². The number of nitrogens with one attached hydrogen (secondary N) is 1. The van der Waals surface area contributed by atoms with Gasteiger partial charge in [-0.25, -0.2) is 0 Å². The van der Waals surface area contributed by atoms with Gasteiger partial charge < -0.3 is 15.2 Å². The number of carbonyl (C=O) groups is 1. The summed E-state index contributed by atoms with van der Waals surface area (Å²) in [7, 11) is 0. The number of nitrogens with zero attached hydrogens (tertiary/aromatic N) is 1. The zero-order valence-electron chi connectivity index (χ0n) is 11.6. The van der Waals surface area contributed by atoms with Crippen LogP contribution in [-0.4, -0.2) is 22.5 Å². The predicted molar refractivity (Wildman–Crippen MR) is 79.5 cm³/mol. The van der Waals surface area contributed by atoms with Crippen LogP contribution in [0.1, 0.15) is 5.56 Å². The Morgan fingerprint density at radius 1 is 1.14 bits per heavy atom. The molecule has 0 amide bonds. The molecule has 2 aromatic rings. The molecular weight excluding hydrogens is 288 g/mol. The van der Waals surface area contributed by atoms with Gasteiger partial charge in [-0.05, 0) is 42.0 Å². The molecule has 0 bridgehead atoms. The van der Waals surface area contributed by atoms with E-state index in [0.717, 1.165) is 0 Å². The van der Waals surface area contributed by atoms with Gasteiger partial charge in [0.1, 0.15) is 18.9 Å². The van der Waals surface area contributed by atoms with Crippen LogP contribution in [0.15, 0.2) is 48.5 Å². The Bertz CT molecular complexity index is 653. The van der Waals surface area contributed by atoms with Crippen molar-refractivity contribution in [3.8, 4) is 5.75 Å². The molecule has 7 heteroatoms. The second-order valence-corrected chi connectivity index (χ2v) is 4.48. The fraction of sp³-hybridized carbons (Fsp3) is 0.133. The smallest absolute Gasteiger partial charge is 0.325 e. The Kier molecular flexibility index (Phi) is 4.92. The summed E-state index contributed by atoms with van der Waals surface area (Å²) in [5.74, 6) is -0.308. The fourth-order valence-electron chi connectivity index (χ4n) is 1.68. The molecule has 2 rings (SSSR count). The minimum absolute atomic E-state index is 0.0101. The lowest BCUT2D eigenvalue weighted by molar-refractivity contribution is -0.384. The van der Waals surface area contributed by atoms with Crippen molar-refractivity contribution < 1.29 is 19.6 Å². The summed E-state index contributed by atoms with van der Waals surface area (Å²) >= 11 is 0. The number of phenols is 1. The topological polar surface area (TPSA) is 102 Å². The highest BCUT2D eigenvalue weighted by atomic mass is 16.6. The number of non-ortho nitro benzene ring substituents is 1. The monoisotopic (exact) mass is 302 g/mol. The summed E-state index contributed by atoms with van der Waals surface area (Å²) in [5.41, 5.74) is 1.35. The van der Waals surface area contributed by atoms with Crippen molar-refractivity contribution in [1.82, 2.24) is 0 Å². The van der Waals surface area contributed by atoms with Crippen LogP contribution in [0.4, 0.5) is 11.4 Å². The lowest BCUT2D eigenvalue weighted by Gasteiger charge is -2.07. The van der Waals surface area contributed by atoms with Gasteiger partial charge in [0.05, 0.1) is 4.92 Å². The summed E-state index contributed by atoms with van der Waals surface area (Å²) in [5, 5.41) is 22.5. The number of anilines is 1. The normalized spacial score (nSPS) is 10.0. The van der Waals surface area contributed by atoms with Gasteiger partial charge in [0.2, 0.25) is 0 Å². The van der Waals surface area contributed by atoms with Crippen LogP contribution in [0.3, 0.4) is 0 Å². The Labute approximate surface area is 126 Å². The zero-order chi connectivity index (χ0) is 15.9. The summed E-state index contributed by atoms with van der Waals surface area (Å²) < 4.78 is 5.05. The molecular formula is C15H14N2O5. The van der Waals surface area contributed by atoms with Crippen molar-refractivity contribution in [2.45, 2.75) is 6.61 Å². The molecule has 7 nitrogen and oxygen atoms in total. The highest BCUT2D eigenvalue weighted by molar-refractivity contribution is 5.75. The van der Waals surface area contributed by atoms with Crippen molar-refractivity contribution in [3.63, 3.8) is 0 Å². The maximum absolute atomic E-state index is 11.6. The minimum atomic E-state index is -0.489. The van der Waals surface area contributed by atoms with Crippen LogP contribution in [0.25, 0.3) is 0 Å². The standard InChI is InChI=1S/C15H14N2O5/c18-14-7-3-12(4-8-14)16-9-15(19)22-10-11-1-5-13(6-2-11)17(20)21/h1-8,16,18H,9-10H2. The quantitative estimate of drug-likeness (QED) is 0.368. The van der Waals surface area contributed by atoms with E-state index in [9.17, 15) is 14.9 Å². The van der Waals surface area contributed by atoms with E-state index in [1.807, 2.05) is 0 Å². The number of rotatable bonds is 6. The second kappa shape index (κ2) is 7.07. The third kappa shape index (κ3) is 4.48. The number of phenolic OH excluding ortho intramolecular Hbond substituents is 1. The third-order valence-corrected chi connectivity index (χ3v) is 2.85. The first-order valence-electron chi connectivity index (χ1n) is 6.46. The molecule has 22 heavy (non-hydrogen) atoms. The zero-order valence-corrected chi connectivity index (χ0v) is 11.6. The van der Waals surface area contributed by atoms with Crippen LogP contribution in [-0.2, 0) is 16.1 Å². The van der Waals surface area contributed by atoms with E-state index in [-0.39, 0.29) is 24.6 Å². The van der Waals surface area contributed by atoms with E-state index in [1.165, 1.54) is 24.3 Å². The Hall–Kier alpha value is -3.09. The summed E-state index contributed by atoms with van der Waals surface area (Å²) in [6.07, 6.45) is 0. The van der Waals surface area contributed by atoms with E-state index in [0.29, 0.717) is 11.3 Å². The van der Waals surface area contributed by atoms with Gasteiger partial charge in [-0.15, -0.1) is 0 Å². The highest BCUT2D eigenvalue weighted by Crippen LogP contribution is 2.14. The molecule has 0 atom stereocenters. The first kappa shape index (κ1) is 15.3. The number of carbonyl (C=O) groups excluding carboxylic acids is 1. The average Bonchev–Trinajstić information content (AvgIpc) is 2.52. The summed E-state index contributed by atoms with van der Waals surface area (Å²) in [4.78, 5) is 21.6. The molecule has 0 aliphatic rings.